The van der Waals surface area contributed by atoms with Crippen LogP contribution in [0.25, 0.3) is 0 Å². The van der Waals surface area contributed by atoms with Crippen LogP contribution < -0.4 is 11.1 Å². The Morgan fingerprint density at radius 1 is 1.56 bits per heavy atom. The average Bonchev–Trinajstić information content (AvgIpc) is 2.70. The van der Waals surface area contributed by atoms with Gasteiger partial charge in [-0.25, -0.2) is 0 Å². The molecule has 0 aliphatic carbocycles. The van der Waals surface area contributed by atoms with Crippen molar-refractivity contribution >= 4 is 11.6 Å². The predicted molar refractivity (Wildman–Crippen MR) is 72.6 cm³/mol. The Balaban J connectivity index is 2.57. The van der Waals surface area contributed by atoms with Crippen LogP contribution in [0.2, 0.25) is 0 Å². The molecule has 0 aromatic carbocycles. The van der Waals surface area contributed by atoms with Gasteiger partial charge in [0.15, 0.2) is 5.69 Å². The zero-order valence-electron chi connectivity index (χ0n) is 11.6. The molecule has 6 nitrogen and oxygen atoms in total. The van der Waals surface area contributed by atoms with E-state index in [2.05, 4.69) is 27.3 Å². The van der Waals surface area contributed by atoms with E-state index in [9.17, 15) is 4.79 Å². The van der Waals surface area contributed by atoms with Crippen molar-refractivity contribution in [1.29, 1.82) is 0 Å². The van der Waals surface area contributed by atoms with Gasteiger partial charge in [0.05, 0.1) is 11.4 Å². The van der Waals surface area contributed by atoms with E-state index in [-0.39, 0.29) is 17.5 Å². The monoisotopic (exact) mass is 253 g/mol. The summed E-state index contributed by atoms with van der Waals surface area (Å²) in [6.07, 6.45) is 0. The Hall–Kier alpha value is -1.56. The summed E-state index contributed by atoms with van der Waals surface area (Å²) in [7, 11) is 2.01. The number of rotatable bonds is 6. The Kier molecular flexibility index (Phi) is 5.15. The second-order valence-electron chi connectivity index (χ2n) is 4.71. The number of carbonyl (C=O) groups excluding carboxylic acids is 1. The molecule has 0 saturated heterocycles. The lowest BCUT2D eigenvalue weighted by Crippen LogP contribution is -2.33. The molecule has 1 aromatic heterocycles. The smallest absolute Gasteiger partial charge is 0.273 e. The fourth-order valence-electron chi connectivity index (χ4n) is 1.58. The molecule has 0 bridgehead atoms. The highest BCUT2D eigenvalue weighted by atomic mass is 16.1. The molecule has 0 atom stereocenters. The number of nitrogen functional groups attached to an aromatic ring is 1. The maximum atomic E-state index is 11.9. The predicted octanol–water partition coefficient (Wildman–Crippen LogP) is 0.797. The molecular formula is C12H23N5O. The fraction of sp³-hybridized carbons (Fsp3) is 0.667. The van der Waals surface area contributed by atoms with Crippen molar-refractivity contribution in [3.8, 4) is 0 Å². The summed E-state index contributed by atoms with van der Waals surface area (Å²) < 4.78 is 0. The lowest BCUT2D eigenvalue weighted by molar-refractivity contribution is 0.0946. The topological polar surface area (TPSA) is 87.0 Å². The maximum absolute atomic E-state index is 11.9. The molecule has 0 aliphatic rings. The molecule has 0 aliphatic heterocycles. The van der Waals surface area contributed by atoms with Gasteiger partial charge in [0.2, 0.25) is 0 Å². The highest BCUT2D eigenvalue weighted by molar-refractivity contribution is 5.97. The number of aromatic nitrogens is 2. The Labute approximate surface area is 108 Å². The third-order valence-corrected chi connectivity index (χ3v) is 2.94. The van der Waals surface area contributed by atoms with Crippen molar-refractivity contribution in [3.05, 3.63) is 11.4 Å². The summed E-state index contributed by atoms with van der Waals surface area (Å²) in [5.74, 6) is 0.00503. The molecule has 1 amide bonds. The van der Waals surface area contributed by atoms with E-state index in [4.69, 9.17) is 5.73 Å². The van der Waals surface area contributed by atoms with E-state index in [0.29, 0.717) is 12.2 Å². The van der Waals surface area contributed by atoms with Gasteiger partial charge in [-0.3, -0.25) is 9.89 Å². The van der Waals surface area contributed by atoms with Crippen molar-refractivity contribution in [2.75, 3.05) is 32.4 Å². The third kappa shape index (κ3) is 3.46. The van der Waals surface area contributed by atoms with Gasteiger partial charge in [0.25, 0.3) is 5.91 Å². The standard InChI is InChI=1S/C12H23N5O/c1-5-17(4)7-6-14-12(18)11-9(13)10(8(2)3)15-16-11/h8H,5-7,13H2,1-4H3,(H,14,18)(H,15,16). The van der Waals surface area contributed by atoms with Gasteiger partial charge in [-0.1, -0.05) is 20.8 Å². The van der Waals surface area contributed by atoms with Gasteiger partial charge in [-0.15, -0.1) is 0 Å². The second-order valence-corrected chi connectivity index (χ2v) is 4.71. The fourth-order valence-corrected chi connectivity index (χ4v) is 1.58. The van der Waals surface area contributed by atoms with E-state index in [0.717, 1.165) is 18.8 Å². The van der Waals surface area contributed by atoms with Gasteiger partial charge in [-0.2, -0.15) is 5.10 Å². The molecule has 0 radical (unpaired) electrons. The number of aromatic amines is 1. The number of amides is 1. The summed E-state index contributed by atoms with van der Waals surface area (Å²) in [6, 6.07) is 0. The summed E-state index contributed by atoms with van der Waals surface area (Å²) in [5.41, 5.74) is 7.45. The highest BCUT2D eigenvalue weighted by Gasteiger charge is 2.18. The van der Waals surface area contributed by atoms with Crippen LogP contribution in [0.15, 0.2) is 0 Å². The molecule has 1 aromatic rings. The first kappa shape index (κ1) is 14.5. The van der Waals surface area contributed by atoms with E-state index in [1.54, 1.807) is 0 Å². The molecule has 0 spiro atoms. The Morgan fingerprint density at radius 2 is 2.22 bits per heavy atom. The normalized spacial score (nSPS) is 11.2. The van der Waals surface area contributed by atoms with Gasteiger partial charge in [0, 0.05) is 13.1 Å². The molecule has 1 rings (SSSR count). The zero-order chi connectivity index (χ0) is 13.7. The van der Waals surface area contributed by atoms with Crippen LogP contribution in [0.5, 0.6) is 0 Å². The highest BCUT2D eigenvalue weighted by Crippen LogP contribution is 2.21. The summed E-state index contributed by atoms with van der Waals surface area (Å²) in [5, 5.41) is 9.61. The molecule has 6 heteroatoms. The van der Waals surface area contributed by atoms with E-state index in [1.165, 1.54) is 0 Å². The first-order valence-corrected chi connectivity index (χ1v) is 6.27. The maximum Gasteiger partial charge on any atom is 0.273 e. The van der Waals surface area contributed by atoms with E-state index in [1.807, 2.05) is 20.9 Å². The van der Waals surface area contributed by atoms with Crippen LogP contribution in [-0.4, -0.2) is 47.7 Å². The number of nitrogens with one attached hydrogen (secondary N) is 2. The van der Waals surface area contributed by atoms with Gasteiger partial charge in [0.1, 0.15) is 0 Å². The van der Waals surface area contributed by atoms with Crippen molar-refractivity contribution in [1.82, 2.24) is 20.4 Å². The van der Waals surface area contributed by atoms with Crippen LogP contribution in [0.3, 0.4) is 0 Å². The number of nitrogens with two attached hydrogens (primary N) is 1. The van der Waals surface area contributed by atoms with Crippen molar-refractivity contribution in [2.45, 2.75) is 26.7 Å². The molecule has 18 heavy (non-hydrogen) atoms. The Bertz CT molecular complexity index is 399. The lowest BCUT2D eigenvalue weighted by atomic mass is 10.1. The van der Waals surface area contributed by atoms with E-state index >= 15 is 0 Å². The average molecular weight is 253 g/mol. The first-order valence-electron chi connectivity index (χ1n) is 6.27. The van der Waals surface area contributed by atoms with Gasteiger partial charge >= 0.3 is 0 Å². The molecule has 1 heterocycles. The number of anilines is 1. The summed E-state index contributed by atoms with van der Waals surface area (Å²) in [6.45, 7) is 8.43. The van der Waals surface area contributed by atoms with Crippen molar-refractivity contribution in [3.63, 3.8) is 0 Å². The SMILES string of the molecule is CCN(C)CCNC(=O)c1n[nH]c(C(C)C)c1N. The minimum Gasteiger partial charge on any atom is -0.395 e. The zero-order valence-corrected chi connectivity index (χ0v) is 11.6. The number of likely N-dealkylation sites (N-methyl/N-ethyl adjacent to an activating group) is 1. The van der Waals surface area contributed by atoms with Gasteiger partial charge in [-0.05, 0) is 19.5 Å². The number of carbonyl (C=O) groups is 1. The second kappa shape index (κ2) is 6.39. The summed E-state index contributed by atoms with van der Waals surface area (Å²) >= 11 is 0. The van der Waals surface area contributed by atoms with Crippen LogP contribution in [0.4, 0.5) is 5.69 Å². The van der Waals surface area contributed by atoms with Crippen molar-refractivity contribution < 1.29 is 4.79 Å². The quantitative estimate of drug-likeness (QED) is 0.699. The van der Waals surface area contributed by atoms with E-state index < -0.39 is 0 Å². The molecule has 0 unspecified atom stereocenters. The van der Waals surface area contributed by atoms with Gasteiger partial charge < -0.3 is 16.0 Å². The molecule has 0 saturated carbocycles. The van der Waals surface area contributed by atoms with Crippen LogP contribution in [0.1, 0.15) is 42.9 Å². The lowest BCUT2D eigenvalue weighted by Gasteiger charge is -2.13. The molecule has 0 fully saturated rings. The number of hydrogen-bond acceptors (Lipinski definition) is 4. The summed E-state index contributed by atoms with van der Waals surface area (Å²) in [4.78, 5) is 14.0. The van der Waals surface area contributed by atoms with Crippen LogP contribution in [-0.2, 0) is 0 Å². The number of H-pyrrole nitrogens is 1. The molecule has 102 valence electrons. The minimum atomic E-state index is -0.222. The Morgan fingerprint density at radius 3 is 2.72 bits per heavy atom. The number of nitrogens with zero attached hydrogens (tertiary/aromatic N) is 2. The van der Waals surface area contributed by atoms with Crippen LogP contribution in [0, 0.1) is 0 Å². The minimum absolute atomic E-state index is 0.222. The largest absolute Gasteiger partial charge is 0.395 e. The molecule has 4 N–H and O–H groups in total. The number of hydrogen-bond donors (Lipinski definition) is 3. The van der Waals surface area contributed by atoms with Crippen LogP contribution >= 0.6 is 0 Å². The third-order valence-electron chi connectivity index (χ3n) is 2.94. The first-order chi connectivity index (χ1) is 8.47. The molecular weight excluding hydrogens is 230 g/mol. The van der Waals surface area contributed by atoms with Crippen molar-refractivity contribution in [2.24, 2.45) is 0 Å².